The van der Waals surface area contributed by atoms with Gasteiger partial charge in [0.15, 0.2) is 0 Å². The van der Waals surface area contributed by atoms with Crippen LogP contribution in [0.3, 0.4) is 0 Å². The molecule has 0 fully saturated rings. The van der Waals surface area contributed by atoms with E-state index in [2.05, 4.69) is 16.4 Å². The number of rotatable bonds is 7. The number of aliphatic hydroxyl groups excluding tert-OH is 1. The number of ether oxygens (including phenoxy) is 1. The molecule has 1 atom stereocenters. The Bertz CT molecular complexity index is 454. The van der Waals surface area contributed by atoms with E-state index in [0.29, 0.717) is 19.6 Å². The quantitative estimate of drug-likeness (QED) is 0.745. The van der Waals surface area contributed by atoms with Crippen molar-refractivity contribution in [3.63, 3.8) is 0 Å². The predicted molar refractivity (Wildman–Crippen MR) is 74.1 cm³/mol. The van der Waals surface area contributed by atoms with Gasteiger partial charge in [-0.1, -0.05) is 12.1 Å². The average molecular weight is 266 g/mol. The number of aliphatic hydroxyl groups is 1. The highest BCUT2D eigenvalue weighted by Gasteiger charge is 2.09. The van der Waals surface area contributed by atoms with Crippen LogP contribution in [0.4, 0.5) is 0 Å². The van der Waals surface area contributed by atoms with Gasteiger partial charge in [-0.3, -0.25) is 0 Å². The minimum absolute atomic E-state index is 0.401. The third-order valence-corrected chi connectivity index (χ3v) is 3.67. The van der Waals surface area contributed by atoms with Crippen LogP contribution < -0.4 is 5.32 Å². The number of benzene rings is 1. The molecule has 2 aromatic rings. The maximum absolute atomic E-state index is 9.89. The molecule has 1 unspecified atom stereocenters. The molecular formula is C13H18N2O2S. The molecule has 0 amide bonds. The standard InChI is InChI=1S/C13H18N2O2S/c1-17-7-6-14-9-10(16)8-13-15-11-4-2-3-5-12(11)18-13/h2-5,10,14,16H,6-9H2,1H3. The zero-order valence-corrected chi connectivity index (χ0v) is 11.2. The van der Waals surface area contributed by atoms with Crippen molar-refractivity contribution in [3.8, 4) is 0 Å². The number of hydrogen-bond acceptors (Lipinski definition) is 5. The molecule has 98 valence electrons. The van der Waals surface area contributed by atoms with Gasteiger partial charge in [-0.05, 0) is 12.1 Å². The van der Waals surface area contributed by atoms with Crippen LogP contribution in [-0.2, 0) is 11.2 Å². The SMILES string of the molecule is COCCNCC(O)Cc1nc2ccccc2s1. The van der Waals surface area contributed by atoms with Crippen molar-refractivity contribution in [2.75, 3.05) is 26.8 Å². The Balaban J connectivity index is 1.84. The summed E-state index contributed by atoms with van der Waals surface area (Å²) in [5.41, 5.74) is 1.01. The van der Waals surface area contributed by atoms with Gasteiger partial charge < -0.3 is 15.2 Å². The number of aromatic nitrogens is 1. The van der Waals surface area contributed by atoms with E-state index in [0.717, 1.165) is 17.1 Å². The summed E-state index contributed by atoms with van der Waals surface area (Å²) in [4.78, 5) is 4.50. The summed E-state index contributed by atoms with van der Waals surface area (Å²) in [7, 11) is 1.67. The van der Waals surface area contributed by atoms with Gasteiger partial charge >= 0.3 is 0 Å². The molecule has 1 aromatic heterocycles. The Labute approximate surface area is 111 Å². The zero-order valence-electron chi connectivity index (χ0n) is 10.4. The highest BCUT2D eigenvalue weighted by atomic mass is 32.1. The van der Waals surface area contributed by atoms with Gasteiger partial charge in [0.25, 0.3) is 0 Å². The molecule has 18 heavy (non-hydrogen) atoms. The van der Waals surface area contributed by atoms with Crippen LogP contribution in [-0.4, -0.2) is 43.0 Å². The maximum Gasteiger partial charge on any atom is 0.0964 e. The topological polar surface area (TPSA) is 54.4 Å². The van der Waals surface area contributed by atoms with E-state index in [9.17, 15) is 5.11 Å². The summed E-state index contributed by atoms with van der Waals surface area (Å²) in [6.45, 7) is 1.99. The molecule has 0 aliphatic heterocycles. The van der Waals surface area contributed by atoms with Crippen LogP contribution in [0.1, 0.15) is 5.01 Å². The summed E-state index contributed by atoms with van der Waals surface area (Å²) < 4.78 is 6.10. The van der Waals surface area contributed by atoms with E-state index in [1.165, 1.54) is 4.70 Å². The fraction of sp³-hybridized carbons (Fsp3) is 0.462. The Kier molecular flexibility index (Phi) is 5.07. The van der Waals surface area contributed by atoms with Crippen LogP contribution >= 0.6 is 11.3 Å². The summed E-state index contributed by atoms with van der Waals surface area (Å²) in [6.07, 6.45) is 0.196. The van der Waals surface area contributed by atoms with Crippen LogP contribution in [0.25, 0.3) is 10.2 Å². The maximum atomic E-state index is 9.89. The molecule has 1 aromatic carbocycles. The lowest BCUT2D eigenvalue weighted by molar-refractivity contribution is 0.160. The van der Waals surface area contributed by atoms with Crippen LogP contribution in [0.5, 0.6) is 0 Å². The normalized spacial score (nSPS) is 13.0. The number of hydrogen-bond donors (Lipinski definition) is 2. The number of methoxy groups -OCH3 is 1. The molecule has 0 bridgehead atoms. The van der Waals surface area contributed by atoms with Crippen LogP contribution in [0.15, 0.2) is 24.3 Å². The predicted octanol–water partition coefficient (Wildman–Crippen LogP) is 1.44. The molecule has 0 aliphatic carbocycles. The lowest BCUT2D eigenvalue weighted by Gasteiger charge is -2.09. The molecule has 2 N–H and O–H groups in total. The van der Waals surface area contributed by atoms with Crippen LogP contribution in [0, 0.1) is 0 Å². The van der Waals surface area contributed by atoms with Crippen molar-refractivity contribution < 1.29 is 9.84 Å². The van der Waals surface area contributed by atoms with Gasteiger partial charge in [-0.2, -0.15) is 0 Å². The third-order valence-electron chi connectivity index (χ3n) is 2.61. The number of fused-ring (bicyclic) bond motifs is 1. The molecule has 0 aliphatic rings. The van der Waals surface area contributed by atoms with E-state index >= 15 is 0 Å². The highest BCUT2D eigenvalue weighted by Crippen LogP contribution is 2.22. The first-order valence-electron chi connectivity index (χ1n) is 6.02. The number of nitrogens with zero attached hydrogens (tertiary/aromatic N) is 1. The summed E-state index contributed by atoms with van der Waals surface area (Å²) in [5, 5.41) is 14.0. The first kappa shape index (κ1) is 13.4. The second-order valence-electron chi connectivity index (χ2n) is 4.13. The molecule has 0 saturated heterocycles. The smallest absolute Gasteiger partial charge is 0.0964 e. The van der Waals surface area contributed by atoms with Crippen molar-refractivity contribution in [2.45, 2.75) is 12.5 Å². The Morgan fingerprint density at radius 2 is 2.28 bits per heavy atom. The number of nitrogens with one attached hydrogen (secondary N) is 1. The minimum atomic E-state index is -0.401. The van der Waals surface area contributed by atoms with Gasteiger partial charge in [-0.25, -0.2) is 4.98 Å². The summed E-state index contributed by atoms with van der Waals surface area (Å²) in [5.74, 6) is 0. The molecule has 4 nitrogen and oxygen atoms in total. The summed E-state index contributed by atoms with van der Waals surface area (Å²) >= 11 is 1.65. The summed E-state index contributed by atoms with van der Waals surface area (Å²) in [6, 6.07) is 8.04. The number of para-hydroxylation sites is 1. The van der Waals surface area contributed by atoms with Crippen LogP contribution in [0.2, 0.25) is 0 Å². The largest absolute Gasteiger partial charge is 0.391 e. The van der Waals surface area contributed by atoms with Gasteiger partial charge in [0.1, 0.15) is 0 Å². The second kappa shape index (κ2) is 6.80. The molecule has 0 saturated carbocycles. The molecule has 5 heteroatoms. The third kappa shape index (κ3) is 3.74. The van der Waals surface area contributed by atoms with Crippen molar-refractivity contribution in [2.24, 2.45) is 0 Å². The van der Waals surface area contributed by atoms with E-state index in [-0.39, 0.29) is 0 Å². The van der Waals surface area contributed by atoms with E-state index in [4.69, 9.17) is 4.74 Å². The first-order valence-corrected chi connectivity index (χ1v) is 6.83. The molecule has 0 spiro atoms. The van der Waals surface area contributed by atoms with Crippen molar-refractivity contribution in [1.29, 1.82) is 0 Å². The monoisotopic (exact) mass is 266 g/mol. The fourth-order valence-electron chi connectivity index (χ4n) is 1.72. The van der Waals surface area contributed by atoms with Gasteiger partial charge in [-0.15, -0.1) is 11.3 Å². The number of thiazole rings is 1. The second-order valence-corrected chi connectivity index (χ2v) is 5.25. The van der Waals surface area contributed by atoms with Crippen molar-refractivity contribution >= 4 is 21.6 Å². The molecule has 2 rings (SSSR count). The lowest BCUT2D eigenvalue weighted by Crippen LogP contribution is -2.30. The Morgan fingerprint density at radius 1 is 1.44 bits per heavy atom. The lowest BCUT2D eigenvalue weighted by atomic mass is 10.2. The Hall–Kier alpha value is -1.01. The fourth-order valence-corrected chi connectivity index (χ4v) is 2.76. The first-order chi connectivity index (χ1) is 8.79. The van der Waals surface area contributed by atoms with E-state index < -0.39 is 6.10 Å². The van der Waals surface area contributed by atoms with Gasteiger partial charge in [0, 0.05) is 26.6 Å². The molecule has 0 radical (unpaired) electrons. The molecule has 1 heterocycles. The zero-order chi connectivity index (χ0) is 12.8. The van der Waals surface area contributed by atoms with Gasteiger partial charge in [0.05, 0.1) is 27.9 Å². The van der Waals surface area contributed by atoms with Crippen molar-refractivity contribution in [1.82, 2.24) is 10.3 Å². The average Bonchev–Trinajstić information content (AvgIpc) is 2.76. The van der Waals surface area contributed by atoms with E-state index in [1.54, 1.807) is 18.4 Å². The Morgan fingerprint density at radius 3 is 3.06 bits per heavy atom. The van der Waals surface area contributed by atoms with Crippen molar-refractivity contribution in [3.05, 3.63) is 29.3 Å². The van der Waals surface area contributed by atoms with E-state index in [1.807, 2.05) is 18.2 Å². The molecular weight excluding hydrogens is 248 g/mol. The highest BCUT2D eigenvalue weighted by molar-refractivity contribution is 7.18. The minimum Gasteiger partial charge on any atom is -0.391 e. The van der Waals surface area contributed by atoms with Gasteiger partial charge in [0.2, 0.25) is 0 Å².